The van der Waals surface area contributed by atoms with Crippen molar-refractivity contribution in [3.05, 3.63) is 92.2 Å². The second kappa shape index (κ2) is 10.1. The number of rotatable bonds is 8. The lowest BCUT2D eigenvalue weighted by Gasteiger charge is -2.18. The zero-order valence-electron chi connectivity index (χ0n) is 16.3. The predicted molar refractivity (Wildman–Crippen MR) is 118 cm³/mol. The van der Waals surface area contributed by atoms with E-state index >= 15 is 0 Å². The van der Waals surface area contributed by atoms with Crippen molar-refractivity contribution >= 4 is 27.5 Å². The number of methoxy groups -OCH3 is 1. The molecular formula is C23H22BrClFNO2. The molecule has 3 rings (SSSR count). The largest absolute Gasteiger partial charge is 0.493 e. The van der Waals surface area contributed by atoms with Crippen molar-refractivity contribution in [3.63, 3.8) is 0 Å². The number of benzene rings is 3. The van der Waals surface area contributed by atoms with Gasteiger partial charge in [-0.25, -0.2) is 4.39 Å². The van der Waals surface area contributed by atoms with Crippen LogP contribution in [0.5, 0.6) is 11.5 Å². The van der Waals surface area contributed by atoms with Crippen LogP contribution in [-0.4, -0.2) is 7.11 Å². The lowest BCUT2D eigenvalue weighted by molar-refractivity contribution is 0.276. The van der Waals surface area contributed by atoms with Gasteiger partial charge < -0.3 is 14.8 Å². The van der Waals surface area contributed by atoms with E-state index in [1.54, 1.807) is 19.2 Å². The minimum Gasteiger partial charge on any atom is -0.493 e. The summed E-state index contributed by atoms with van der Waals surface area (Å²) in [7, 11) is 1.58. The molecule has 0 saturated carbocycles. The highest BCUT2D eigenvalue weighted by Gasteiger charge is 2.16. The molecule has 0 aliphatic carbocycles. The van der Waals surface area contributed by atoms with Crippen LogP contribution in [0.1, 0.15) is 22.3 Å². The molecule has 152 valence electrons. The van der Waals surface area contributed by atoms with Crippen LogP contribution in [0.4, 0.5) is 4.39 Å². The maximum Gasteiger partial charge on any atom is 0.167 e. The van der Waals surface area contributed by atoms with Gasteiger partial charge in [0.1, 0.15) is 12.4 Å². The summed E-state index contributed by atoms with van der Waals surface area (Å²) >= 11 is 9.72. The zero-order valence-corrected chi connectivity index (χ0v) is 18.6. The smallest absolute Gasteiger partial charge is 0.167 e. The van der Waals surface area contributed by atoms with Crippen LogP contribution >= 0.6 is 27.5 Å². The van der Waals surface area contributed by atoms with Crippen LogP contribution in [-0.2, 0) is 19.7 Å². The van der Waals surface area contributed by atoms with Gasteiger partial charge in [0, 0.05) is 28.7 Å². The van der Waals surface area contributed by atoms with E-state index in [0.717, 1.165) is 10.0 Å². The summed E-state index contributed by atoms with van der Waals surface area (Å²) in [5.74, 6) is 0.732. The number of hydrogen-bond acceptors (Lipinski definition) is 3. The summed E-state index contributed by atoms with van der Waals surface area (Å²) in [6, 6.07) is 16.7. The quantitative estimate of drug-likeness (QED) is 0.405. The second-order valence-electron chi connectivity index (χ2n) is 6.64. The first-order chi connectivity index (χ1) is 14.0. The molecule has 0 amide bonds. The van der Waals surface area contributed by atoms with Gasteiger partial charge in [0.25, 0.3) is 0 Å². The molecule has 1 N–H and O–H groups in total. The summed E-state index contributed by atoms with van der Waals surface area (Å²) in [6.45, 7) is 3.33. The molecule has 3 nitrogen and oxygen atoms in total. The number of aryl methyl sites for hydroxylation is 1. The molecule has 0 heterocycles. The van der Waals surface area contributed by atoms with Gasteiger partial charge in [0.15, 0.2) is 11.5 Å². The normalized spacial score (nSPS) is 10.8. The fourth-order valence-electron chi connectivity index (χ4n) is 2.92. The van der Waals surface area contributed by atoms with Crippen LogP contribution in [0.3, 0.4) is 0 Å². The van der Waals surface area contributed by atoms with E-state index in [-0.39, 0.29) is 6.61 Å². The minimum atomic E-state index is -0.398. The van der Waals surface area contributed by atoms with Gasteiger partial charge in [0.05, 0.1) is 12.1 Å². The van der Waals surface area contributed by atoms with E-state index in [4.69, 9.17) is 21.1 Å². The lowest BCUT2D eigenvalue weighted by atomic mass is 10.1. The molecular weight excluding hydrogens is 457 g/mol. The van der Waals surface area contributed by atoms with Gasteiger partial charge in [-0.1, -0.05) is 63.4 Å². The Balaban J connectivity index is 1.78. The van der Waals surface area contributed by atoms with E-state index < -0.39 is 5.82 Å². The predicted octanol–water partition coefficient (Wildman–Crippen LogP) is 6.43. The first-order valence-corrected chi connectivity index (χ1v) is 10.3. The molecule has 3 aromatic rings. The highest BCUT2D eigenvalue weighted by molar-refractivity contribution is 9.10. The molecule has 0 aromatic heterocycles. The Hall–Kier alpha value is -2.08. The summed E-state index contributed by atoms with van der Waals surface area (Å²) in [5, 5.41) is 3.76. The third kappa shape index (κ3) is 5.50. The number of nitrogens with one attached hydrogen (secondary N) is 1. The van der Waals surface area contributed by atoms with Gasteiger partial charge in [-0.3, -0.25) is 0 Å². The van der Waals surface area contributed by atoms with Gasteiger partial charge in [-0.15, -0.1) is 0 Å². The van der Waals surface area contributed by atoms with E-state index in [2.05, 4.69) is 52.4 Å². The van der Waals surface area contributed by atoms with Crippen molar-refractivity contribution in [2.24, 2.45) is 0 Å². The molecule has 0 aliphatic heterocycles. The lowest BCUT2D eigenvalue weighted by Crippen LogP contribution is -2.15. The fourth-order valence-corrected chi connectivity index (χ4v) is 3.59. The van der Waals surface area contributed by atoms with Crippen molar-refractivity contribution in [3.8, 4) is 11.5 Å². The molecule has 0 bridgehead atoms. The zero-order chi connectivity index (χ0) is 20.8. The Kier molecular flexibility index (Phi) is 7.53. The number of ether oxygens (including phenoxy) is 2. The summed E-state index contributed by atoms with van der Waals surface area (Å²) in [6.07, 6.45) is 0. The van der Waals surface area contributed by atoms with Crippen LogP contribution in [0.2, 0.25) is 5.02 Å². The van der Waals surface area contributed by atoms with Crippen molar-refractivity contribution in [2.75, 3.05) is 7.11 Å². The topological polar surface area (TPSA) is 30.5 Å². The van der Waals surface area contributed by atoms with Crippen LogP contribution < -0.4 is 14.8 Å². The first-order valence-electron chi connectivity index (χ1n) is 9.17. The summed E-state index contributed by atoms with van der Waals surface area (Å²) < 4.78 is 26.5. The van der Waals surface area contributed by atoms with Crippen LogP contribution in [0, 0.1) is 12.7 Å². The van der Waals surface area contributed by atoms with Gasteiger partial charge in [-0.2, -0.15) is 0 Å². The molecule has 0 spiro atoms. The molecule has 3 aromatic carbocycles. The Morgan fingerprint density at radius 2 is 1.76 bits per heavy atom. The Bertz CT molecular complexity index is 959. The monoisotopic (exact) mass is 477 g/mol. The molecule has 29 heavy (non-hydrogen) atoms. The molecule has 0 atom stereocenters. The average molecular weight is 479 g/mol. The van der Waals surface area contributed by atoms with E-state index in [0.29, 0.717) is 35.2 Å². The molecule has 6 heteroatoms. The molecule has 0 unspecified atom stereocenters. The molecule has 0 saturated heterocycles. The molecule has 0 radical (unpaired) electrons. The number of halogens is 3. The highest BCUT2D eigenvalue weighted by Crippen LogP contribution is 2.37. The van der Waals surface area contributed by atoms with Crippen molar-refractivity contribution in [2.45, 2.75) is 26.6 Å². The molecule has 0 fully saturated rings. The maximum absolute atomic E-state index is 14.1. The summed E-state index contributed by atoms with van der Waals surface area (Å²) in [4.78, 5) is 0. The van der Waals surface area contributed by atoms with E-state index in [1.165, 1.54) is 17.2 Å². The first kappa shape index (κ1) is 21.6. The van der Waals surface area contributed by atoms with Crippen LogP contribution in [0.15, 0.2) is 59.1 Å². The van der Waals surface area contributed by atoms with E-state index in [1.807, 2.05) is 12.1 Å². The highest BCUT2D eigenvalue weighted by atomic mass is 79.9. The Morgan fingerprint density at radius 1 is 1.00 bits per heavy atom. The SMILES string of the molecule is COc1ccc(Br)c(CNCc2ccc(C)cc2)c1OCc1c(F)cccc1Cl. The maximum atomic E-state index is 14.1. The Morgan fingerprint density at radius 3 is 2.45 bits per heavy atom. The van der Waals surface area contributed by atoms with Crippen molar-refractivity contribution in [1.29, 1.82) is 0 Å². The van der Waals surface area contributed by atoms with Crippen molar-refractivity contribution < 1.29 is 13.9 Å². The van der Waals surface area contributed by atoms with Gasteiger partial charge >= 0.3 is 0 Å². The van der Waals surface area contributed by atoms with Crippen LogP contribution in [0.25, 0.3) is 0 Å². The van der Waals surface area contributed by atoms with Gasteiger partial charge in [0.2, 0.25) is 0 Å². The average Bonchev–Trinajstić information content (AvgIpc) is 2.71. The number of hydrogen-bond donors (Lipinski definition) is 1. The standard InChI is InChI=1S/C23H22BrClFNO2/c1-15-6-8-16(9-7-15)12-27-13-17-19(24)10-11-22(28-2)23(17)29-14-18-20(25)4-3-5-21(18)26/h3-11,27H,12-14H2,1-2H3. The minimum absolute atomic E-state index is 0.00326. The Labute approximate surface area is 183 Å². The summed E-state index contributed by atoms with van der Waals surface area (Å²) in [5.41, 5.74) is 3.63. The second-order valence-corrected chi connectivity index (χ2v) is 7.90. The third-order valence-corrected chi connectivity index (χ3v) is 5.66. The fraction of sp³-hybridized carbons (Fsp3) is 0.217. The van der Waals surface area contributed by atoms with E-state index in [9.17, 15) is 4.39 Å². The molecule has 0 aliphatic rings. The third-order valence-electron chi connectivity index (χ3n) is 4.56. The van der Waals surface area contributed by atoms with Gasteiger partial charge in [-0.05, 0) is 36.8 Å². The van der Waals surface area contributed by atoms with Crippen molar-refractivity contribution in [1.82, 2.24) is 5.32 Å².